The Morgan fingerprint density at radius 2 is 2.42 bits per heavy atom. The third-order valence-corrected chi connectivity index (χ3v) is 2.61. The zero-order valence-corrected chi connectivity index (χ0v) is 7.20. The number of aliphatic hydroxyl groups is 1. The van der Waals surface area contributed by atoms with E-state index >= 15 is 0 Å². The Morgan fingerprint density at radius 3 is 3.25 bits per heavy atom. The van der Waals surface area contributed by atoms with Gasteiger partial charge >= 0.3 is 0 Å². The largest absolute Gasteiger partial charge is 0.387 e. The quantitative estimate of drug-likeness (QED) is 0.631. The monoisotopic (exact) mass is 163 g/mol. The van der Waals surface area contributed by atoms with Gasteiger partial charge in [0.1, 0.15) is 0 Å². The first-order valence-electron chi connectivity index (χ1n) is 4.41. The molecular weight excluding hydrogens is 150 g/mol. The molecule has 2 unspecified atom stereocenters. The second-order valence-electron chi connectivity index (χ2n) is 3.51. The van der Waals surface area contributed by atoms with Crippen molar-refractivity contribution in [1.82, 2.24) is 4.98 Å². The first-order valence-corrected chi connectivity index (χ1v) is 4.41. The first-order chi connectivity index (χ1) is 5.79. The highest BCUT2D eigenvalue weighted by Gasteiger charge is 2.24. The van der Waals surface area contributed by atoms with Gasteiger partial charge in [0.25, 0.3) is 0 Å². The third-order valence-electron chi connectivity index (χ3n) is 2.61. The van der Waals surface area contributed by atoms with Crippen LogP contribution in [0.15, 0.2) is 18.3 Å². The van der Waals surface area contributed by atoms with E-state index < -0.39 is 0 Å². The van der Waals surface area contributed by atoms with E-state index in [1.807, 2.05) is 6.07 Å². The first kappa shape index (κ1) is 7.74. The highest BCUT2D eigenvalue weighted by molar-refractivity contribution is 5.24. The van der Waals surface area contributed by atoms with E-state index in [2.05, 4.69) is 18.0 Å². The van der Waals surface area contributed by atoms with Crippen LogP contribution in [0.4, 0.5) is 0 Å². The topological polar surface area (TPSA) is 33.1 Å². The van der Waals surface area contributed by atoms with Crippen LogP contribution >= 0.6 is 0 Å². The van der Waals surface area contributed by atoms with Gasteiger partial charge in [-0.3, -0.25) is 4.98 Å². The SMILES string of the molecule is CC1CCc2cccnc2C1O. The van der Waals surface area contributed by atoms with Crippen molar-refractivity contribution in [2.75, 3.05) is 0 Å². The standard InChI is InChI=1S/C10H13NO/c1-7-4-5-8-3-2-6-11-9(8)10(7)12/h2-3,6-7,10,12H,4-5H2,1H3. The van der Waals surface area contributed by atoms with Gasteiger partial charge in [0.15, 0.2) is 0 Å². The lowest BCUT2D eigenvalue weighted by Crippen LogP contribution is -2.19. The van der Waals surface area contributed by atoms with Crippen molar-refractivity contribution in [3.63, 3.8) is 0 Å². The van der Waals surface area contributed by atoms with E-state index in [1.54, 1.807) is 6.20 Å². The fraction of sp³-hybridized carbons (Fsp3) is 0.500. The molecule has 0 bridgehead atoms. The molecule has 64 valence electrons. The van der Waals surface area contributed by atoms with Crippen LogP contribution in [-0.4, -0.2) is 10.1 Å². The molecule has 1 N–H and O–H groups in total. The zero-order valence-electron chi connectivity index (χ0n) is 7.20. The van der Waals surface area contributed by atoms with E-state index in [1.165, 1.54) is 5.56 Å². The van der Waals surface area contributed by atoms with Gasteiger partial charge in [0.05, 0.1) is 11.8 Å². The highest BCUT2D eigenvalue weighted by Crippen LogP contribution is 2.31. The number of hydrogen-bond donors (Lipinski definition) is 1. The van der Waals surface area contributed by atoms with E-state index in [4.69, 9.17) is 0 Å². The normalized spacial score (nSPS) is 28.2. The number of nitrogens with zero attached hydrogens (tertiary/aromatic N) is 1. The smallest absolute Gasteiger partial charge is 0.0988 e. The average Bonchev–Trinajstić information content (AvgIpc) is 2.12. The molecule has 0 saturated carbocycles. The average molecular weight is 163 g/mol. The molecule has 1 aromatic rings. The molecule has 1 aromatic heterocycles. The van der Waals surface area contributed by atoms with Gasteiger partial charge in [-0.15, -0.1) is 0 Å². The minimum absolute atomic E-state index is 0.352. The van der Waals surface area contributed by atoms with Gasteiger partial charge < -0.3 is 5.11 Å². The highest BCUT2D eigenvalue weighted by atomic mass is 16.3. The van der Waals surface area contributed by atoms with Gasteiger partial charge in [-0.2, -0.15) is 0 Å². The summed E-state index contributed by atoms with van der Waals surface area (Å²) in [6.07, 6.45) is 3.52. The van der Waals surface area contributed by atoms with Crippen molar-refractivity contribution >= 4 is 0 Å². The van der Waals surface area contributed by atoms with Gasteiger partial charge in [0, 0.05) is 6.20 Å². The Balaban J connectivity index is 2.42. The molecule has 2 rings (SSSR count). The van der Waals surface area contributed by atoms with E-state index in [0.717, 1.165) is 18.5 Å². The Labute approximate surface area is 72.3 Å². The van der Waals surface area contributed by atoms with Gasteiger partial charge in [0.2, 0.25) is 0 Å². The minimum atomic E-state index is -0.352. The van der Waals surface area contributed by atoms with Gasteiger partial charge in [-0.05, 0) is 30.4 Å². The summed E-state index contributed by atoms with van der Waals surface area (Å²) in [4.78, 5) is 4.20. The Kier molecular flexibility index (Phi) is 1.85. The van der Waals surface area contributed by atoms with Crippen LogP contribution < -0.4 is 0 Å². The summed E-state index contributed by atoms with van der Waals surface area (Å²) in [5.41, 5.74) is 2.10. The predicted molar refractivity (Wildman–Crippen MR) is 46.7 cm³/mol. The lowest BCUT2D eigenvalue weighted by atomic mass is 9.86. The summed E-state index contributed by atoms with van der Waals surface area (Å²) in [5.74, 6) is 0.354. The zero-order chi connectivity index (χ0) is 8.55. The van der Waals surface area contributed by atoms with Crippen LogP contribution in [0, 0.1) is 5.92 Å². The van der Waals surface area contributed by atoms with Crippen molar-refractivity contribution in [2.24, 2.45) is 5.92 Å². The second-order valence-corrected chi connectivity index (χ2v) is 3.51. The van der Waals surface area contributed by atoms with Crippen LogP contribution in [0.1, 0.15) is 30.7 Å². The molecule has 12 heavy (non-hydrogen) atoms. The van der Waals surface area contributed by atoms with E-state index in [9.17, 15) is 5.11 Å². The van der Waals surface area contributed by atoms with Crippen molar-refractivity contribution < 1.29 is 5.11 Å². The molecular formula is C10H13NO. The number of aryl methyl sites for hydroxylation is 1. The fourth-order valence-corrected chi connectivity index (χ4v) is 1.74. The number of fused-ring (bicyclic) bond motifs is 1. The lowest BCUT2D eigenvalue weighted by Gasteiger charge is -2.25. The van der Waals surface area contributed by atoms with Gasteiger partial charge in [-0.25, -0.2) is 0 Å². The molecule has 1 aliphatic rings. The molecule has 2 nitrogen and oxygen atoms in total. The lowest BCUT2D eigenvalue weighted by molar-refractivity contribution is 0.0991. The molecule has 0 aromatic carbocycles. The molecule has 2 atom stereocenters. The van der Waals surface area contributed by atoms with Crippen LogP contribution in [-0.2, 0) is 6.42 Å². The van der Waals surface area contributed by atoms with E-state index in [0.29, 0.717) is 5.92 Å². The molecule has 0 aliphatic heterocycles. The fourth-order valence-electron chi connectivity index (χ4n) is 1.74. The second kappa shape index (κ2) is 2.87. The molecule has 0 radical (unpaired) electrons. The van der Waals surface area contributed by atoms with Crippen molar-refractivity contribution in [3.05, 3.63) is 29.6 Å². The van der Waals surface area contributed by atoms with Crippen molar-refractivity contribution in [3.8, 4) is 0 Å². The number of hydrogen-bond acceptors (Lipinski definition) is 2. The van der Waals surface area contributed by atoms with Crippen LogP contribution in [0.25, 0.3) is 0 Å². The maximum absolute atomic E-state index is 9.77. The summed E-state index contributed by atoms with van der Waals surface area (Å²) < 4.78 is 0. The van der Waals surface area contributed by atoms with Crippen LogP contribution in [0.2, 0.25) is 0 Å². The molecule has 0 spiro atoms. The van der Waals surface area contributed by atoms with Crippen molar-refractivity contribution in [2.45, 2.75) is 25.9 Å². The summed E-state index contributed by atoms with van der Waals surface area (Å²) in [6, 6.07) is 3.99. The maximum Gasteiger partial charge on any atom is 0.0988 e. The summed E-state index contributed by atoms with van der Waals surface area (Å²) in [5, 5.41) is 9.77. The molecule has 0 fully saturated rings. The Morgan fingerprint density at radius 1 is 1.58 bits per heavy atom. The number of pyridine rings is 1. The molecule has 2 heteroatoms. The molecule has 1 aliphatic carbocycles. The predicted octanol–water partition coefficient (Wildman–Crippen LogP) is 1.70. The molecule has 0 amide bonds. The van der Waals surface area contributed by atoms with Gasteiger partial charge in [-0.1, -0.05) is 13.0 Å². The Hall–Kier alpha value is -0.890. The van der Waals surface area contributed by atoms with E-state index in [-0.39, 0.29) is 6.10 Å². The number of aliphatic hydroxyl groups excluding tert-OH is 1. The summed E-state index contributed by atoms with van der Waals surface area (Å²) in [7, 11) is 0. The third kappa shape index (κ3) is 1.12. The molecule has 1 heterocycles. The number of rotatable bonds is 0. The summed E-state index contributed by atoms with van der Waals surface area (Å²) >= 11 is 0. The number of aromatic nitrogens is 1. The molecule has 0 saturated heterocycles. The minimum Gasteiger partial charge on any atom is -0.387 e. The van der Waals surface area contributed by atoms with Crippen molar-refractivity contribution in [1.29, 1.82) is 0 Å². The Bertz CT molecular complexity index is 285. The van der Waals surface area contributed by atoms with Crippen LogP contribution in [0.3, 0.4) is 0 Å². The van der Waals surface area contributed by atoms with Crippen LogP contribution in [0.5, 0.6) is 0 Å². The maximum atomic E-state index is 9.77. The summed E-state index contributed by atoms with van der Waals surface area (Å²) in [6.45, 7) is 2.07.